The second kappa shape index (κ2) is 6.35. The maximum Gasteiger partial charge on any atom is 0.340 e. The summed E-state index contributed by atoms with van der Waals surface area (Å²) >= 11 is 1.20. The number of hydrogen-bond donors (Lipinski definition) is 0. The van der Waals surface area contributed by atoms with Gasteiger partial charge in [-0.25, -0.2) is 9.78 Å². The molecule has 0 radical (unpaired) electrons. The Bertz CT molecular complexity index is 791. The number of carbonyl (C=O) groups excluding carboxylic acids is 1. The molecule has 0 amide bonds. The molecule has 0 spiro atoms. The molecule has 0 fully saturated rings. The third kappa shape index (κ3) is 2.82. The minimum absolute atomic E-state index is 0.373. The Hall–Kier alpha value is -2.74. The number of ether oxygens (including phenoxy) is 1. The number of esters is 1. The van der Waals surface area contributed by atoms with Gasteiger partial charge in [-0.3, -0.25) is 0 Å². The number of tetrazole rings is 1. The number of hydrogen-bond acceptors (Lipinski definition) is 7. The fourth-order valence-electron chi connectivity index (χ4n) is 1.80. The van der Waals surface area contributed by atoms with Crippen LogP contribution in [0.25, 0.3) is 5.69 Å². The highest BCUT2D eigenvalue weighted by molar-refractivity contribution is 7.99. The minimum atomic E-state index is -0.450. The lowest BCUT2D eigenvalue weighted by Gasteiger charge is -2.06. The SMILES string of the molecule is COC(=O)c1cccnc1Sc1nnnn1-c1ccccc1. The number of pyridine rings is 1. The predicted molar refractivity (Wildman–Crippen MR) is 78.9 cm³/mol. The van der Waals surface area contributed by atoms with E-state index in [1.54, 1.807) is 23.0 Å². The number of nitrogens with zero attached hydrogens (tertiary/aromatic N) is 5. The van der Waals surface area contributed by atoms with Crippen molar-refractivity contribution in [2.75, 3.05) is 7.11 Å². The molecule has 0 atom stereocenters. The van der Waals surface area contributed by atoms with Gasteiger partial charge in [0.05, 0.1) is 18.4 Å². The third-order valence-electron chi connectivity index (χ3n) is 2.81. The van der Waals surface area contributed by atoms with Crippen LogP contribution in [-0.2, 0) is 4.74 Å². The molecular weight excluding hydrogens is 302 g/mol. The lowest BCUT2D eigenvalue weighted by Crippen LogP contribution is -2.05. The molecule has 0 unspecified atom stereocenters. The molecule has 0 N–H and O–H groups in total. The molecule has 7 nitrogen and oxygen atoms in total. The average molecular weight is 313 g/mol. The Labute approximate surface area is 130 Å². The molecule has 0 aliphatic carbocycles. The summed E-state index contributed by atoms with van der Waals surface area (Å²) in [5.41, 5.74) is 1.20. The Kier molecular flexibility index (Phi) is 4.10. The zero-order valence-electron chi connectivity index (χ0n) is 11.6. The summed E-state index contributed by atoms with van der Waals surface area (Å²) in [6, 6.07) is 12.8. The Morgan fingerprint density at radius 2 is 2.00 bits per heavy atom. The van der Waals surface area contributed by atoms with Gasteiger partial charge in [-0.05, 0) is 46.5 Å². The highest BCUT2D eigenvalue weighted by Gasteiger charge is 2.17. The third-order valence-corrected chi connectivity index (χ3v) is 3.76. The Morgan fingerprint density at radius 1 is 1.18 bits per heavy atom. The molecule has 0 bridgehead atoms. The standard InChI is InChI=1S/C14H11N5O2S/c1-21-13(20)11-8-5-9-15-12(11)22-14-16-17-18-19(14)10-6-3-2-4-7-10/h2-9H,1H3. The van der Waals surface area contributed by atoms with Crippen molar-refractivity contribution in [2.24, 2.45) is 0 Å². The van der Waals surface area contributed by atoms with E-state index in [9.17, 15) is 4.79 Å². The molecule has 2 aromatic heterocycles. The van der Waals surface area contributed by atoms with Gasteiger partial charge in [0.15, 0.2) is 0 Å². The van der Waals surface area contributed by atoms with Crippen LogP contribution in [0.3, 0.4) is 0 Å². The van der Waals surface area contributed by atoms with Crippen LogP contribution in [0.2, 0.25) is 0 Å². The zero-order chi connectivity index (χ0) is 15.4. The summed E-state index contributed by atoms with van der Waals surface area (Å²) in [7, 11) is 1.33. The van der Waals surface area contributed by atoms with E-state index in [-0.39, 0.29) is 0 Å². The average Bonchev–Trinajstić information content (AvgIpc) is 3.03. The molecule has 0 saturated heterocycles. The van der Waals surface area contributed by atoms with Crippen LogP contribution in [0.1, 0.15) is 10.4 Å². The van der Waals surface area contributed by atoms with Crippen LogP contribution in [0.4, 0.5) is 0 Å². The van der Waals surface area contributed by atoms with E-state index in [4.69, 9.17) is 4.74 Å². The van der Waals surface area contributed by atoms with E-state index in [2.05, 4.69) is 20.5 Å². The molecule has 8 heteroatoms. The number of rotatable bonds is 4. The van der Waals surface area contributed by atoms with E-state index in [1.165, 1.54) is 18.9 Å². The topological polar surface area (TPSA) is 82.8 Å². The van der Waals surface area contributed by atoms with Gasteiger partial charge in [0.2, 0.25) is 5.16 Å². The van der Waals surface area contributed by atoms with Gasteiger partial charge in [-0.2, -0.15) is 4.68 Å². The molecule has 0 aliphatic rings. The molecule has 1 aromatic carbocycles. The van der Waals surface area contributed by atoms with Crippen LogP contribution in [0.5, 0.6) is 0 Å². The normalized spacial score (nSPS) is 10.4. The monoisotopic (exact) mass is 313 g/mol. The van der Waals surface area contributed by atoms with Crippen LogP contribution in [-0.4, -0.2) is 38.3 Å². The quantitative estimate of drug-likeness (QED) is 0.681. The summed E-state index contributed by atoms with van der Waals surface area (Å²) < 4.78 is 6.34. The van der Waals surface area contributed by atoms with Gasteiger partial charge < -0.3 is 4.74 Å². The fourth-order valence-corrected chi connectivity index (χ4v) is 2.65. The van der Waals surface area contributed by atoms with Crippen molar-refractivity contribution < 1.29 is 9.53 Å². The molecule has 0 aliphatic heterocycles. The van der Waals surface area contributed by atoms with Gasteiger partial charge in [-0.1, -0.05) is 18.2 Å². The van der Waals surface area contributed by atoms with Gasteiger partial charge in [-0.15, -0.1) is 5.10 Å². The summed E-state index contributed by atoms with van der Waals surface area (Å²) in [5.74, 6) is -0.450. The number of carbonyl (C=O) groups is 1. The molecule has 0 saturated carbocycles. The molecule has 3 rings (SSSR count). The highest BCUT2D eigenvalue weighted by atomic mass is 32.2. The van der Waals surface area contributed by atoms with Crippen molar-refractivity contribution >= 4 is 17.7 Å². The first kappa shape index (κ1) is 14.2. The summed E-state index contributed by atoms with van der Waals surface area (Å²) in [6.45, 7) is 0. The van der Waals surface area contributed by atoms with Gasteiger partial charge >= 0.3 is 5.97 Å². The summed E-state index contributed by atoms with van der Waals surface area (Å²) in [5, 5.41) is 12.6. The van der Waals surface area contributed by atoms with Crippen LogP contribution < -0.4 is 0 Å². The van der Waals surface area contributed by atoms with Gasteiger partial charge in [0, 0.05) is 6.20 Å². The lowest BCUT2D eigenvalue weighted by atomic mass is 10.3. The summed E-state index contributed by atoms with van der Waals surface area (Å²) in [6.07, 6.45) is 1.60. The fraction of sp³-hybridized carbons (Fsp3) is 0.0714. The zero-order valence-corrected chi connectivity index (χ0v) is 12.4. The molecule has 22 heavy (non-hydrogen) atoms. The molecule has 2 heterocycles. The van der Waals surface area contributed by atoms with E-state index >= 15 is 0 Å². The summed E-state index contributed by atoms with van der Waals surface area (Å²) in [4.78, 5) is 16.0. The van der Waals surface area contributed by atoms with Gasteiger partial charge in [0.25, 0.3) is 0 Å². The number of aromatic nitrogens is 5. The second-order valence-electron chi connectivity index (χ2n) is 4.16. The number of para-hydroxylation sites is 1. The van der Waals surface area contributed by atoms with E-state index in [0.717, 1.165) is 5.69 Å². The molecule has 110 valence electrons. The van der Waals surface area contributed by atoms with Gasteiger partial charge in [0.1, 0.15) is 5.03 Å². The van der Waals surface area contributed by atoms with Crippen molar-refractivity contribution in [2.45, 2.75) is 10.2 Å². The Morgan fingerprint density at radius 3 is 2.77 bits per heavy atom. The van der Waals surface area contributed by atoms with E-state index in [1.807, 2.05) is 30.3 Å². The number of methoxy groups -OCH3 is 1. The maximum atomic E-state index is 11.8. The molecule has 3 aromatic rings. The van der Waals surface area contributed by atoms with E-state index < -0.39 is 5.97 Å². The van der Waals surface area contributed by atoms with Crippen LogP contribution >= 0.6 is 11.8 Å². The first-order valence-electron chi connectivity index (χ1n) is 6.34. The number of benzene rings is 1. The first-order chi connectivity index (χ1) is 10.8. The molecular formula is C14H11N5O2S. The largest absolute Gasteiger partial charge is 0.465 e. The van der Waals surface area contributed by atoms with Crippen molar-refractivity contribution in [3.05, 3.63) is 54.2 Å². The smallest absolute Gasteiger partial charge is 0.340 e. The first-order valence-corrected chi connectivity index (χ1v) is 7.16. The Balaban J connectivity index is 1.96. The maximum absolute atomic E-state index is 11.8. The highest BCUT2D eigenvalue weighted by Crippen LogP contribution is 2.28. The lowest BCUT2D eigenvalue weighted by molar-refractivity contribution is 0.0596. The van der Waals surface area contributed by atoms with Crippen molar-refractivity contribution in [1.82, 2.24) is 25.2 Å². The second-order valence-corrected chi connectivity index (χ2v) is 5.11. The van der Waals surface area contributed by atoms with Crippen molar-refractivity contribution in [3.8, 4) is 5.69 Å². The van der Waals surface area contributed by atoms with Crippen molar-refractivity contribution in [3.63, 3.8) is 0 Å². The van der Waals surface area contributed by atoms with Crippen molar-refractivity contribution in [1.29, 1.82) is 0 Å². The predicted octanol–water partition coefficient (Wildman–Crippen LogP) is 2.00. The van der Waals surface area contributed by atoms with E-state index in [0.29, 0.717) is 15.7 Å². The van der Waals surface area contributed by atoms with Crippen LogP contribution in [0, 0.1) is 0 Å². The minimum Gasteiger partial charge on any atom is -0.465 e. The van der Waals surface area contributed by atoms with Crippen LogP contribution in [0.15, 0.2) is 58.8 Å².